The summed E-state index contributed by atoms with van der Waals surface area (Å²) in [4.78, 5) is 0. The van der Waals surface area contributed by atoms with Crippen molar-refractivity contribution in [3.63, 3.8) is 0 Å². The topological polar surface area (TPSA) is 64.0 Å². The number of nitrogens with zero attached hydrogens (tertiary/aromatic N) is 2. The van der Waals surface area contributed by atoms with Crippen LogP contribution in [-0.4, -0.2) is 24.7 Å². The molecule has 0 saturated carbocycles. The van der Waals surface area contributed by atoms with Crippen LogP contribution in [0.15, 0.2) is 30.3 Å². The molecule has 0 aliphatic rings. The zero-order valence-corrected chi connectivity index (χ0v) is 14.2. The van der Waals surface area contributed by atoms with E-state index in [4.69, 9.17) is 0 Å². The van der Waals surface area contributed by atoms with E-state index < -0.39 is 10.0 Å². The number of benzene rings is 1. The maximum absolute atomic E-state index is 12.1. The fourth-order valence-corrected chi connectivity index (χ4v) is 3.73. The predicted molar refractivity (Wildman–Crippen MR) is 88.1 cm³/mol. The number of rotatable bonds is 7. The van der Waals surface area contributed by atoms with Crippen molar-refractivity contribution in [1.82, 2.24) is 14.5 Å². The Kier molecular flexibility index (Phi) is 5.37. The maximum Gasteiger partial charge on any atom is 0.215 e. The average Bonchev–Trinajstić information content (AvgIpc) is 2.75. The quantitative estimate of drug-likeness (QED) is 0.850. The lowest BCUT2D eigenvalue weighted by molar-refractivity contribution is 0.580. The Labute approximate surface area is 132 Å². The summed E-state index contributed by atoms with van der Waals surface area (Å²) in [5, 5.41) is 4.45. The third-order valence-electron chi connectivity index (χ3n) is 3.73. The highest BCUT2D eigenvalue weighted by molar-refractivity contribution is 7.88. The smallest absolute Gasteiger partial charge is 0.215 e. The Morgan fingerprint density at radius 2 is 1.86 bits per heavy atom. The van der Waals surface area contributed by atoms with Crippen molar-refractivity contribution in [2.75, 3.05) is 6.54 Å². The van der Waals surface area contributed by atoms with Gasteiger partial charge in [-0.1, -0.05) is 30.3 Å². The third kappa shape index (κ3) is 4.18. The van der Waals surface area contributed by atoms with Gasteiger partial charge >= 0.3 is 0 Å². The van der Waals surface area contributed by atoms with Crippen molar-refractivity contribution in [2.45, 2.75) is 39.5 Å². The summed E-state index contributed by atoms with van der Waals surface area (Å²) in [6.45, 7) is 7.26. The Morgan fingerprint density at radius 3 is 2.45 bits per heavy atom. The number of aromatic nitrogens is 2. The second-order valence-electron chi connectivity index (χ2n) is 5.35. The Balaban J connectivity index is 1.94. The minimum Gasteiger partial charge on any atom is -0.270 e. The zero-order valence-electron chi connectivity index (χ0n) is 13.3. The number of sulfonamides is 1. The van der Waals surface area contributed by atoms with Crippen molar-refractivity contribution in [3.05, 3.63) is 52.8 Å². The monoisotopic (exact) mass is 321 g/mol. The van der Waals surface area contributed by atoms with Gasteiger partial charge in [0.2, 0.25) is 10.0 Å². The standard InChI is InChI=1S/C16H23N3O2S/c1-4-19-14(3)16(13(2)18-19)10-11-17-22(20,21)12-15-8-6-5-7-9-15/h5-9,17H,4,10-12H2,1-3H3. The van der Waals surface area contributed by atoms with Gasteiger partial charge in [-0.3, -0.25) is 4.68 Å². The lowest BCUT2D eigenvalue weighted by Crippen LogP contribution is -2.27. The van der Waals surface area contributed by atoms with Crippen LogP contribution in [-0.2, 0) is 28.7 Å². The molecule has 6 heteroatoms. The Morgan fingerprint density at radius 1 is 1.18 bits per heavy atom. The van der Waals surface area contributed by atoms with Crippen LogP contribution in [0.2, 0.25) is 0 Å². The first kappa shape index (κ1) is 16.7. The van der Waals surface area contributed by atoms with Gasteiger partial charge in [0.05, 0.1) is 11.4 Å². The highest BCUT2D eigenvalue weighted by Gasteiger charge is 2.14. The molecule has 2 rings (SSSR count). The molecule has 0 unspecified atom stereocenters. The van der Waals surface area contributed by atoms with Crippen LogP contribution >= 0.6 is 0 Å². The van der Waals surface area contributed by atoms with Crippen molar-refractivity contribution < 1.29 is 8.42 Å². The molecule has 0 bridgehead atoms. The van der Waals surface area contributed by atoms with E-state index in [1.54, 1.807) is 0 Å². The molecule has 0 radical (unpaired) electrons. The van der Waals surface area contributed by atoms with Crippen molar-refractivity contribution in [1.29, 1.82) is 0 Å². The van der Waals surface area contributed by atoms with E-state index in [9.17, 15) is 8.42 Å². The fraction of sp³-hybridized carbons (Fsp3) is 0.438. The molecule has 0 aliphatic carbocycles. The molecule has 1 aromatic carbocycles. The van der Waals surface area contributed by atoms with Gasteiger partial charge < -0.3 is 0 Å². The first-order valence-electron chi connectivity index (χ1n) is 7.47. The largest absolute Gasteiger partial charge is 0.270 e. The summed E-state index contributed by atoms with van der Waals surface area (Å²) in [7, 11) is -3.31. The normalized spacial score (nSPS) is 11.8. The van der Waals surface area contributed by atoms with E-state index in [0.717, 1.165) is 29.1 Å². The van der Waals surface area contributed by atoms with Gasteiger partial charge in [-0.15, -0.1) is 0 Å². The molecule has 0 saturated heterocycles. The summed E-state index contributed by atoms with van der Waals surface area (Å²) >= 11 is 0. The van der Waals surface area contributed by atoms with E-state index in [1.165, 1.54) is 0 Å². The minimum atomic E-state index is -3.31. The predicted octanol–water partition coefficient (Wildman–Crippen LogP) is 2.18. The molecule has 5 nitrogen and oxygen atoms in total. The van der Waals surface area contributed by atoms with Crippen LogP contribution < -0.4 is 4.72 Å². The van der Waals surface area contributed by atoms with Crippen LogP contribution in [0.25, 0.3) is 0 Å². The summed E-state index contributed by atoms with van der Waals surface area (Å²) in [5.41, 5.74) is 4.01. The highest BCUT2D eigenvalue weighted by Crippen LogP contribution is 2.13. The Hall–Kier alpha value is -1.66. The first-order chi connectivity index (χ1) is 10.4. The molecule has 1 aromatic heterocycles. The molecule has 0 spiro atoms. The van der Waals surface area contributed by atoms with Gasteiger partial charge in [0.15, 0.2) is 0 Å². The molecule has 0 atom stereocenters. The summed E-state index contributed by atoms with van der Waals surface area (Å²) in [6.07, 6.45) is 0.658. The van der Waals surface area contributed by atoms with Crippen LogP contribution in [0.1, 0.15) is 29.4 Å². The molecule has 1 N–H and O–H groups in total. The Bertz CT molecular complexity index is 721. The van der Waals surface area contributed by atoms with Crippen LogP contribution in [0.3, 0.4) is 0 Å². The van der Waals surface area contributed by atoms with Crippen LogP contribution in [0.4, 0.5) is 0 Å². The van der Waals surface area contributed by atoms with Gasteiger partial charge in [0.25, 0.3) is 0 Å². The van der Waals surface area contributed by atoms with Gasteiger partial charge in [0, 0.05) is 18.8 Å². The van der Waals surface area contributed by atoms with Crippen molar-refractivity contribution in [2.24, 2.45) is 0 Å². The number of aryl methyl sites for hydroxylation is 2. The van der Waals surface area contributed by atoms with E-state index in [-0.39, 0.29) is 5.75 Å². The number of hydrogen-bond donors (Lipinski definition) is 1. The third-order valence-corrected chi connectivity index (χ3v) is 5.08. The SMILES string of the molecule is CCn1nc(C)c(CCNS(=O)(=O)Cc2ccccc2)c1C. The second kappa shape index (κ2) is 7.07. The molecule has 0 fully saturated rings. The minimum absolute atomic E-state index is 0.0139. The van der Waals surface area contributed by atoms with Crippen LogP contribution in [0, 0.1) is 13.8 Å². The molecule has 120 valence electrons. The van der Waals surface area contributed by atoms with Gasteiger partial charge in [0.1, 0.15) is 0 Å². The van der Waals surface area contributed by atoms with Crippen LogP contribution in [0.5, 0.6) is 0 Å². The second-order valence-corrected chi connectivity index (χ2v) is 7.16. The lowest BCUT2D eigenvalue weighted by atomic mass is 10.1. The van der Waals surface area contributed by atoms with E-state index in [2.05, 4.69) is 9.82 Å². The highest BCUT2D eigenvalue weighted by atomic mass is 32.2. The maximum atomic E-state index is 12.1. The lowest BCUT2D eigenvalue weighted by Gasteiger charge is -2.07. The van der Waals surface area contributed by atoms with E-state index in [1.807, 2.05) is 55.8 Å². The molecule has 0 amide bonds. The first-order valence-corrected chi connectivity index (χ1v) is 9.12. The molecule has 2 aromatic rings. The van der Waals surface area contributed by atoms with Gasteiger partial charge in [-0.25, -0.2) is 13.1 Å². The summed E-state index contributed by atoms with van der Waals surface area (Å²) < 4.78 is 28.8. The number of hydrogen-bond acceptors (Lipinski definition) is 3. The molecular formula is C16H23N3O2S. The van der Waals surface area contributed by atoms with Gasteiger partial charge in [-0.2, -0.15) is 5.10 Å². The molecule has 1 heterocycles. The molecule has 0 aliphatic heterocycles. The summed E-state index contributed by atoms with van der Waals surface area (Å²) in [6, 6.07) is 9.20. The van der Waals surface area contributed by atoms with Crippen molar-refractivity contribution in [3.8, 4) is 0 Å². The average molecular weight is 321 g/mol. The van der Waals surface area contributed by atoms with E-state index in [0.29, 0.717) is 13.0 Å². The molecular weight excluding hydrogens is 298 g/mol. The number of nitrogens with one attached hydrogen (secondary N) is 1. The summed E-state index contributed by atoms with van der Waals surface area (Å²) in [5.74, 6) is 0.0139. The van der Waals surface area contributed by atoms with Crippen molar-refractivity contribution >= 4 is 10.0 Å². The molecule has 22 heavy (non-hydrogen) atoms. The van der Waals surface area contributed by atoms with Gasteiger partial charge in [-0.05, 0) is 38.3 Å². The van der Waals surface area contributed by atoms with E-state index >= 15 is 0 Å². The fourth-order valence-electron chi connectivity index (χ4n) is 2.58. The zero-order chi connectivity index (χ0) is 16.2.